The summed E-state index contributed by atoms with van der Waals surface area (Å²) < 4.78 is 5.75. The van der Waals surface area contributed by atoms with Crippen LogP contribution in [0.3, 0.4) is 0 Å². The van der Waals surface area contributed by atoms with E-state index in [1.807, 2.05) is 0 Å². The molecule has 2 heterocycles. The summed E-state index contributed by atoms with van der Waals surface area (Å²) >= 11 is 0. The molecule has 1 aliphatic heterocycles. The highest BCUT2D eigenvalue weighted by molar-refractivity contribution is 5.98. The van der Waals surface area contributed by atoms with Crippen LogP contribution < -0.4 is 4.74 Å². The third-order valence-corrected chi connectivity index (χ3v) is 3.82. The monoisotopic (exact) mass is 328 g/mol. The largest absolute Gasteiger partial charge is 0.471 e. The summed E-state index contributed by atoms with van der Waals surface area (Å²) in [7, 11) is 0. The molecular weight excluding hydrogens is 312 g/mol. The first-order valence-corrected chi connectivity index (χ1v) is 7.60. The van der Waals surface area contributed by atoms with Crippen LogP contribution in [0.5, 0.6) is 5.88 Å². The number of nitro benzene ring substituents is 1. The van der Waals surface area contributed by atoms with Crippen LogP contribution in [-0.2, 0) is 0 Å². The maximum Gasteiger partial charge on any atom is 0.282 e. The number of amides is 1. The van der Waals surface area contributed by atoms with E-state index in [-0.39, 0.29) is 23.3 Å². The van der Waals surface area contributed by atoms with E-state index in [0.29, 0.717) is 19.0 Å². The van der Waals surface area contributed by atoms with Gasteiger partial charge < -0.3 is 9.64 Å². The second-order valence-electron chi connectivity index (χ2n) is 5.45. The van der Waals surface area contributed by atoms with Crippen molar-refractivity contribution in [1.29, 1.82) is 0 Å². The minimum absolute atomic E-state index is 0.0997. The maximum absolute atomic E-state index is 12.7. The van der Waals surface area contributed by atoms with E-state index < -0.39 is 4.92 Å². The second-order valence-corrected chi connectivity index (χ2v) is 5.45. The van der Waals surface area contributed by atoms with Gasteiger partial charge in [0.2, 0.25) is 5.88 Å². The van der Waals surface area contributed by atoms with E-state index in [2.05, 4.69) is 9.97 Å². The summed E-state index contributed by atoms with van der Waals surface area (Å²) in [6, 6.07) is 5.99. The highest BCUT2D eigenvalue weighted by atomic mass is 16.6. The van der Waals surface area contributed by atoms with Crippen LogP contribution in [0.2, 0.25) is 0 Å². The molecule has 1 fully saturated rings. The third-order valence-electron chi connectivity index (χ3n) is 3.82. The number of hydrogen-bond acceptors (Lipinski definition) is 6. The molecule has 1 atom stereocenters. The van der Waals surface area contributed by atoms with E-state index in [1.165, 1.54) is 24.5 Å². The molecule has 0 bridgehead atoms. The second kappa shape index (κ2) is 7.03. The normalized spacial score (nSPS) is 17.3. The Morgan fingerprint density at radius 2 is 2.17 bits per heavy atom. The zero-order valence-electron chi connectivity index (χ0n) is 12.9. The Morgan fingerprint density at radius 1 is 1.33 bits per heavy atom. The van der Waals surface area contributed by atoms with Crippen LogP contribution >= 0.6 is 0 Å². The van der Waals surface area contributed by atoms with Gasteiger partial charge in [-0.3, -0.25) is 19.9 Å². The van der Waals surface area contributed by atoms with Gasteiger partial charge in [-0.05, 0) is 18.9 Å². The number of piperidine rings is 1. The molecule has 1 aliphatic rings. The zero-order valence-corrected chi connectivity index (χ0v) is 12.9. The molecule has 1 aromatic heterocycles. The Morgan fingerprint density at radius 3 is 2.92 bits per heavy atom. The number of ether oxygens (including phenoxy) is 1. The average molecular weight is 328 g/mol. The molecule has 0 spiro atoms. The fraction of sp³-hybridized carbons (Fsp3) is 0.312. The lowest BCUT2D eigenvalue weighted by Gasteiger charge is -2.32. The number of para-hydroxylation sites is 1. The fourth-order valence-electron chi connectivity index (χ4n) is 2.72. The van der Waals surface area contributed by atoms with Crippen LogP contribution in [0.25, 0.3) is 0 Å². The van der Waals surface area contributed by atoms with E-state index >= 15 is 0 Å². The highest BCUT2D eigenvalue weighted by Crippen LogP contribution is 2.23. The van der Waals surface area contributed by atoms with Crippen LogP contribution in [0.1, 0.15) is 23.2 Å². The van der Waals surface area contributed by atoms with Gasteiger partial charge in [0.25, 0.3) is 11.6 Å². The lowest BCUT2D eigenvalue weighted by atomic mass is 10.1. The number of nitro groups is 1. The van der Waals surface area contributed by atoms with Crippen molar-refractivity contribution in [2.75, 3.05) is 13.1 Å². The van der Waals surface area contributed by atoms with E-state index in [0.717, 1.165) is 12.8 Å². The van der Waals surface area contributed by atoms with E-state index in [1.54, 1.807) is 23.2 Å². The summed E-state index contributed by atoms with van der Waals surface area (Å²) in [6.07, 6.45) is 5.95. The molecule has 3 rings (SSSR count). The minimum atomic E-state index is -0.537. The standard InChI is InChI=1S/C16H16N4O4/c21-16(13-5-1-2-6-14(13)20(22)23)19-9-3-4-12(11-19)24-15-10-17-7-8-18-15/h1-2,5-8,10,12H,3-4,9,11H2. The minimum Gasteiger partial charge on any atom is -0.471 e. The summed E-state index contributed by atoms with van der Waals surface area (Å²) in [5.74, 6) is 0.0530. The summed E-state index contributed by atoms with van der Waals surface area (Å²) in [5.41, 5.74) is -0.0814. The lowest BCUT2D eigenvalue weighted by Crippen LogP contribution is -2.44. The maximum atomic E-state index is 12.7. The van der Waals surface area contributed by atoms with Gasteiger partial charge in [0, 0.05) is 25.0 Å². The molecule has 1 amide bonds. The van der Waals surface area contributed by atoms with Gasteiger partial charge in [-0.15, -0.1) is 0 Å². The van der Waals surface area contributed by atoms with Gasteiger partial charge in [-0.2, -0.15) is 0 Å². The van der Waals surface area contributed by atoms with Gasteiger partial charge in [-0.25, -0.2) is 4.98 Å². The molecule has 0 N–H and O–H groups in total. The molecule has 1 aromatic carbocycles. The zero-order chi connectivity index (χ0) is 16.9. The first-order chi connectivity index (χ1) is 11.6. The number of likely N-dealkylation sites (tertiary alicyclic amines) is 1. The van der Waals surface area contributed by atoms with Gasteiger partial charge in [0.1, 0.15) is 11.7 Å². The molecule has 24 heavy (non-hydrogen) atoms. The molecule has 124 valence electrons. The Bertz CT molecular complexity index is 738. The lowest BCUT2D eigenvalue weighted by molar-refractivity contribution is -0.385. The number of benzene rings is 1. The van der Waals surface area contributed by atoms with Crippen LogP contribution in [0, 0.1) is 10.1 Å². The highest BCUT2D eigenvalue weighted by Gasteiger charge is 2.29. The Kier molecular flexibility index (Phi) is 4.64. The first-order valence-electron chi connectivity index (χ1n) is 7.60. The first kappa shape index (κ1) is 15.9. The Hall–Kier alpha value is -3.03. The SMILES string of the molecule is O=C(c1ccccc1[N+](=O)[O-])N1CCCC(Oc2cnccn2)C1. The topological polar surface area (TPSA) is 98.5 Å². The molecule has 1 saturated heterocycles. The van der Waals surface area contributed by atoms with Crippen LogP contribution in [0.15, 0.2) is 42.9 Å². The third kappa shape index (κ3) is 3.48. The van der Waals surface area contributed by atoms with Gasteiger partial charge in [0.15, 0.2) is 0 Å². The summed E-state index contributed by atoms with van der Waals surface area (Å²) in [6.45, 7) is 0.909. The quantitative estimate of drug-likeness (QED) is 0.629. The van der Waals surface area contributed by atoms with Crippen molar-refractivity contribution in [3.63, 3.8) is 0 Å². The van der Waals surface area contributed by atoms with Gasteiger partial charge in [-0.1, -0.05) is 12.1 Å². The van der Waals surface area contributed by atoms with Crippen LogP contribution in [-0.4, -0.2) is 44.9 Å². The molecule has 1 unspecified atom stereocenters. The number of aromatic nitrogens is 2. The molecule has 0 aliphatic carbocycles. The van der Waals surface area contributed by atoms with Gasteiger partial charge >= 0.3 is 0 Å². The Balaban J connectivity index is 1.73. The summed E-state index contributed by atoms with van der Waals surface area (Å²) in [4.78, 5) is 32.8. The Labute approximate surface area is 138 Å². The number of carbonyl (C=O) groups excluding carboxylic acids is 1. The van der Waals surface area contributed by atoms with Crippen molar-refractivity contribution < 1.29 is 14.5 Å². The van der Waals surface area contributed by atoms with Crippen molar-refractivity contribution in [3.05, 3.63) is 58.5 Å². The molecule has 2 aromatic rings. The van der Waals surface area contributed by atoms with Crippen molar-refractivity contribution >= 4 is 11.6 Å². The van der Waals surface area contributed by atoms with Crippen LogP contribution in [0.4, 0.5) is 5.69 Å². The molecule has 0 saturated carbocycles. The fourth-order valence-corrected chi connectivity index (χ4v) is 2.72. The predicted molar refractivity (Wildman–Crippen MR) is 84.7 cm³/mol. The number of carbonyl (C=O) groups is 1. The summed E-state index contributed by atoms with van der Waals surface area (Å²) in [5, 5.41) is 11.1. The smallest absolute Gasteiger partial charge is 0.282 e. The van der Waals surface area contributed by atoms with E-state index in [9.17, 15) is 14.9 Å². The molecule has 8 heteroatoms. The van der Waals surface area contributed by atoms with Gasteiger partial charge in [0.05, 0.1) is 17.7 Å². The van der Waals surface area contributed by atoms with Crippen molar-refractivity contribution in [3.8, 4) is 5.88 Å². The van der Waals surface area contributed by atoms with Crippen molar-refractivity contribution in [2.45, 2.75) is 18.9 Å². The average Bonchev–Trinajstić information content (AvgIpc) is 2.62. The number of nitrogens with zero attached hydrogens (tertiary/aromatic N) is 4. The molecule has 0 radical (unpaired) electrons. The van der Waals surface area contributed by atoms with Crippen molar-refractivity contribution in [1.82, 2.24) is 14.9 Å². The number of hydrogen-bond donors (Lipinski definition) is 0. The molecular formula is C16H16N4O4. The number of rotatable bonds is 4. The predicted octanol–water partition coefficient (Wildman–Crippen LogP) is 2.07. The van der Waals surface area contributed by atoms with E-state index in [4.69, 9.17) is 4.74 Å². The molecule has 8 nitrogen and oxygen atoms in total. The van der Waals surface area contributed by atoms with Crippen molar-refractivity contribution in [2.24, 2.45) is 0 Å².